The van der Waals surface area contributed by atoms with Crippen LogP contribution in [0.2, 0.25) is 5.02 Å². The normalized spacial score (nSPS) is 12.5. The van der Waals surface area contributed by atoms with Gasteiger partial charge in [0.2, 0.25) is 0 Å². The van der Waals surface area contributed by atoms with Crippen LogP contribution in [0.5, 0.6) is 0 Å². The molecule has 1 aromatic carbocycles. The van der Waals surface area contributed by atoms with Crippen LogP contribution in [0.1, 0.15) is 6.92 Å². The first-order valence-electron chi connectivity index (χ1n) is 7.50. The molecule has 1 unspecified atom stereocenters. The molecule has 0 radical (unpaired) electrons. The number of H-pyrrole nitrogens is 1. The lowest BCUT2D eigenvalue weighted by molar-refractivity contribution is 0.164. The van der Waals surface area contributed by atoms with E-state index in [9.17, 15) is 0 Å². The van der Waals surface area contributed by atoms with Gasteiger partial charge in [0.1, 0.15) is 17.8 Å². The molecule has 0 saturated heterocycles. The zero-order chi connectivity index (χ0) is 16.2. The van der Waals surface area contributed by atoms with Crippen LogP contribution in [-0.4, -0.2) is 35.2 Å². The lowest BCUT2D eigenvalue weighted by Crippen LogP contribution is -2.16. The second kappa shape index (κ2) is 6.98. The van der Waals surface area contributed by atoms with E-state index >= 15 is 0 Å². The van der Waals surface area contributed by atoms with E-state index in [1.54, 1.807) is 13.4 Å². The Labute approximate surface area is 140 Å². The quantitative estimate of drug-likeness (QED) is 0.717. The molecule has 1 atom stereocenters. The number of methoxy groups -OCH3 is 1. The second-order valence-corrected chi connectivity index (χ2v) is 6.04. The molecule has 120 valence electrons. The molecule has 0 aliphatic rings. The van der Waals surface area contributed by atoms with Gasteiger partial charge in [-0.1, -0.05) is 30.7 Å². The molecule has 3 rings (SSSR count). The Morgan fingerprint density at radius 3 is 3.00 bits per heavy atom. The van der Waals surface area contributed by atoms with Crippen molar-refractivity contribution >= 4 is 28.5 Å². The fourth-order valence-electron chi connectivity index (χ4n) is 2.59. The minimum atomic E-state index is 0.388. The summed E-state index contributed by atoms with van der Waals surface area (Å²) in [7, 11) is 1.71. The van der Waals surface area contributed by atoms with Crippen molar-refractivity contribution in [2.75, 3.05) is 25.6 Å². The van der Waals surface area contributed by atoms with Crippen molar-refractivity contribution in [3.8, 4) is 11.1 Å². The fraction of sp³-hybridized carbons (Fsp3) is 0.294. The number of aromatic nitrogens is 3. The molecular weight excluding hydrogens is 312 g/mol. The number of hydrogen-bond acceptors (Lipinski definition) is 4. The molecule has 0 aliphatic carbocycles. The molecule has 0 aliphatic heterocycles. The third-order valence-electron chi connectivity index (χ3n) is 3.67. The maximum Gasteiger partial charge on any atom is 0.143 e. The van der Waals surface area contributed by atoms with Crippen molar-refractivity contribution < 1.29 is 4.74 Å². The maximum absolute atomic E-state index is 6.12. The van der Waals surface area contributed by atoms with E-state index in [0.29, 0.717) is 17.5 Å². The minimum Gasteiger partial charge on any atom is -0.384 e. The van der Waals surface area contributed by atoms with E-state index in [-0.39, 0.29) is 0 Å². The highest BCUT2D eigenvalue weighted by molar-refractivity contribution is 6.31. The highest BCUT2D eigenvalue weighted by Crippen LogP contribution is 2.32. The van der Waals surface area contributed by atoms with Gasteiger partial charge in [-0.3, -0.25) is 0 Å². The predicted octanol–water partition coefficient (Wildman–Crippen LogP) is 3.97. The Morgan fingerprint density at radius 2 is 2.22 bits per heavy atom. The van der Waals surface area contributed by atoms with Crippen molar-refractivity contribution in [3.05, 3.63) is 41.8 Å². The molecule has 3 aromatic rings. The summed E-state index contributed by atoms with van der Waals surface area (Å²) in [6.45, 7) is 3.61. The van der Waals surface area contributed by atoms with Crippen molar-refractivity contribution in [1.82, 2.24) is 15.0 Å². The third kappa shape index (κ3) is 3.46. The third-order valence-corrected chi connectivity index (χ3v) is 3.91. The molecule has 2 aromatic heterocycles. The van der Waals surface area contributed by atoms with Crippen LogP contribution in [0.3, 0.4) is 0 Å². The van der Waals surface area contributed by atoms with Gasteiger partial charge in [0.25, 0.3) is 0 Å². The Balaban J connectivity index is 1.97. The first-order valence-corrected chi connectivity index (χ1v) is 7.87. The number of rotatable bonds is 6. The number of ether oxygens (including phenoxy) is 1. The average Bonchev–Trinajstić information content (AvgIpc) is 2.98. The van der Waals surface area contributed by atoms with E-state index in [2.05, 4.69) is 27.2 Å². The predicted molar refractivity (Wildman–Crippen MR) is 93.9 cm³/mol. The molecular formula is C17H19ClN4O. The van der Waals surface area contributed by atoms with Gasteiger partial charge in [0.15, 0.2) is 0 Å². The Bertz CT molecular complexity index is 802. The first-order chi connectivity index (χ1) is 11.2. The smallest absolute Gasteiger partial charge is 0.143 e. The summed E-state index contributed by atoms with van der Waals surface area (Å²) >= 11 is 6.12. The molecule has 2 heterocycles. The van der Waals surface area contributed by atoms with Gasteiger partial charge >= 0.3 is 0 Å². The van der Waals surface area contributed by atoms with Crippen molar-refractivity contribution in [2.24, 2.45) is 5.92 Å². The largest absolute Gasteiger partial charge is 0.384 e. The molecule has 0 fully saturated rings. The average molecular weight is 331 g/mol. The number of benzene rings is 1. The number of nitrogens with one attached hydrogen (secondary N) is 2. The summed E-state index contributed by atoms with van der Waals surface area (Å²) in [5.41, 5.74) is 2.87. The van der Waals surface area contributed by atoms with Crippen LogP contribution in [0.25, 0.3) is 22.2 Å². The monoisotopic (exact) mass is 330 g/mol. The van der Waals surface area contributed by atoms with Crippen LogP contribution < -0.4 is 5.32 Å². The SMILES string of the molecule is COCC(C)CNc1ncnc2[nH]cc(-c3cccc(Cl)c3)c12. The molecule has 0 amide bonds. The minimum absolute atomic E-state index is 0.388. The highest BCUT2D eigenvalue weighted by atomic mass is 35.5. The Kier molecular flexibility index (Phi) is 4.79. The Hall–Kier alpha value is -2.11. The summed E-state index contributed by atoms with van der Waals surface area (Å²) < 4.78 is 5.18. The standard InChI is InChI=1S/C17H19ClN4O/c1-11(9-23-2)7-19-16-15-14(8-20-17(15)22-10-21-16)12-4-3-5-13(18)6-12/h3-6,8,10-11H,7,9H2,1-2H3,(H2,19,20,21,22). The van der Waals surface area contributed by atoms with E-state index in [1.807, 2.05) is 30.5 Å². The summed E-state index contributed by atoms with van der Waals surface area (Å²) in [6.07, 6.45) is 3.50. The number of nitrogens with zero attached hydrogens (tertiary/aromatic N) is 2. The van der Waals surface area contributed by atoms with Crippen molar-refractivity contribution in [3.63, 3.8) is 0 Å². The number of anilines is 1. The summed E-state index contributed by atoms with van der Waals surface area (Å²) in [4.78, 5) is 11.9. The second-order valence-electron chi connectivity index (χ2n) is 5.60. The molecule has 23 heavy (non-hydrogen) atoms. The zero-order valence-corrected chi connectivity index (χ0v) is 13.9. The van der Waals surface area contributed by atoms with Gasteiger partial charge in [0.05, 0.1) is 12.0 Å². The van der Waals surface area contributed by atoms with Crippen molar-refractivity contribution in [1.29, 1.82) is 0 Å². The summed E-state index contributed by atoms with van der Waals surface area (Å²) in [5.74, 6) is 1.20. The molecule has 0 spiro atoms. The molecule has 0 saturated carbocycles. The molecule has 0 bridgehead atoms. The number of halogens is 1. The van der Waals surface area contributed by atoms with Crippen LogP contribution >= 0.6 is 11.6 Å². The molecule has 5 nitrogen and oxygen atoms in total. The van der Waals surface area contributed by atoms with E-state index in [4.69, 9.17) is 16.3 Å². The van der Waals surface area contributed by atoms with E-state index < -0.39 is 0 Å². The summed E-state index contributed by atoms with van der Waals surface area (Å²) in [6, 6.07) is 7.77. The van der Waals surface area contributed by atoms with Crippen LogP contribution in [0, 0.1) is 5.92 Å². The molecule has 2 N–H and O–H groups in total. The Morgan fingerprint density at radius 1 is 1.35 bits per heavy atom. The lowest BCUT2D eigenvalue weighted by atomic mass is 10.1. The van der Waals surface area contributed by atoms with E-state index in [0.717, 1.165) is 34.5 Å². The maximum atomic E-state index is 6.12. The number of fused-ring (bicyclic) bond motifs is 1. The number of hydrogen-bond donors (Lipinski definition) is 2. The van der Waals surface area contributed by atoms with Gasteiger partial charge in [-0.25, -0.2) is 9.97 Å². The van der Waals surface area contributed by atoms with Gasteiger partial charge in [-0.2, -0.15) is 0 Å². The van der Waals surface area contributed by atoms with Crippen molar-refractivity contribution in [2.45, 2.75) is 6.92 Å². The number of aromatic amines is 1. The van der Waals surface area contributed by atoms with Gasteiger partial charge in [-0.15, -0.1) is 0 Å². The van der Waals surface area contributed by atoms with Crippen LogP contribution in [-0.2, 0) is 4.74 Å². The first kappa shape index (κ1) is 15.8. The van der Waals surface area contributed by atoms with Crippen LogP contribution in [0.15, 0.2) is 36.8 Å². The van der Waals surface area contributed by atoms with Gasteiger partial charge in [0, 0.05) is 30.4 Å². The van der Waals surface area contributed by atoms with Gasteiger partial charge in [-0.05, 0) is 23.6 Å². The topological polar surface area (TPSA) is 62.8 Å². The van der Waals surface area contributed by atoms with Crippen LogP contribution in [0.4, 0.5) is 5.82 Å². The lowest BCUT2D eigenvalue weighted by Gasteiger charge is -2.13. The zero-order valence-electron chi connectivity index (χ0n) is 13.1. The fourth-order valence-corrected chi connectivity index (χ4v) is 2.79. The van der Waals surface area contributed by atoms with Gasteiger partial charge < -0.3 is 15.0 Å². The summed E-state index contributed by atoms with van der Waals surface area (Å²) in [5, 5.41) is 5.08. The highest BCUT2D eigenvalue weighted by Gasteiger charge is 2.13. The van der Waals surface area contributed by atoms with E-state index in [1.165, 1.54) is 0 Å². The molecule has 6 heteroatoms.